The molecule has 88 valence electrons. The van der Waals surface area contributed by atoms with Gasteiger partial charge >= 0.3 is 0 Å². The van der Waals surface area contributed by atoms with Crippen molar-refractivity contribution in [2.24, 2.45) is 5.73 Å². The van der Waals surface area contributed by atoms with Crippen molar-refractivity contribution in [1.29, 1.82) is 0 Å². The first kappa shape index (κ1) is 11.7. The molecule has 0 aliphatic heterocycles. The Balaban J connectivity index is 2.47. The first-order chi connectivity index (χ1) is 8.04. The molecule has 3 nitrogen and oxygen atoms in total. The Bertz CT molecular complexity index is 561. The van der Waals surface area contributed by atoms with Gasteiger partial charge in [-0.25, -0.2) is 0 Å². The molecule has 0 saturated heterocycles. The lowest BCUT2D eigenvalue weighted by molar-refractivity contribution is 0.0898. The van der Waals surface area contributed by atoms with E-state index in [4.69, 9.17) is 5.73 Å². The summed E-state index contributed by atoms with van der Waals surface area (Å²) in [6, 6.07) is 9.30. The highest BCUT2D eigenvalue weighted by molar-refractivity contribution is 6.04. The molecule has 0 spiro atoms. The normalized spacial score (nSPS) is 14.5. The zero-order valence-electron chi connectivity index (χ0n) is 10.1. The summed E-state index contributed by atoms with van der Waals surface area (Å²) >= 11 is 0. The van der Waals surface area contributed by atoms with Crippen LogP contribution in [-0.4, -0.2) is 16.3 Å². The van der Waals surface area contributed by atoms with Gasteiger partial charge in [0.1, 0.15) is 0 Å². The molecule has 0 amide bonds. The summed E-state index contributed by atoms with van der Waals surface area (Å²) in [4.78, 5) is 16.4. The standard InChI is InChI=1S/C14H16N2O/c1-3-14(2,15)13(17)11-6-7-12-10(9-11)5-4-8-16-12/h4-9H,3,15H2,1-2H3. The number of hydrogen-bond donors (Lipinski definition) is 1. The number of ketones is 1. The van der Waals surface area contributed by atoms with Gasteiger partial charge in [-0.15, -0.1) is 0 Å². The molecule has 0 fully saturated rings. The summed E-state index contributed by atoms with van der Waals surface area (Å²) < 4.78 is 0. The van der Waals surface area contributed by atoms with E-state index < -0.39 is 5.54 Å². The van der Waals surface area contributed by atoms with Crippen LogP contribution in [0.2, 0.25) is 0 Å². The van der Waals surface area contributed by atoms with Gasteiger partial charge in [0.15, 0.2) is 5.78 Å². The van der Waals surface area contributed by atoms with E-state index in [0.717, 1.165) is 10.9 Å². The minimum Gasteiger partial charge on any atom is -0.319 e. The lowest BCUT2D eigenvalue weighted by Gasteiger charge is -2.20. The molecule has 1 aromatic carbocycles. The highest BCUT2D eigenvalue weighted by Gasteiger charge is 2.27. The molecule has 0 bridgehead atoms. The SMILES string of the molecule is CCC(C)(N)C(=O)c1ccc2ncccc2c1. The molecular formula is C14H16N2O. The highest BCUT2D eigenvalue weighted by atomic mass is 16.1. The van der Waals surface area contributed by atoms with Gasteiger partial charge in [0.25, 0.3) is 0 Å². The predicted octanol–water partition coefficient (Wildman–Crippen LogP) is 2.54. The van der Waals surface area contributed by atoms with Gasteiger partial charge in [0.05, 0.1) is 11.1 Å². The molecule has 0 saturated carbocycles. The van der Waals surface area contributed by atoms with Gasteiger partial charge in [0, 0.05) is 17.1 Å². The number of benzene rings is 1. The highest BCUT2D eigenvalue weighted by Crippen LogP contribution is 2.18. The Morgan fingerprint density at radius 2 is 2.18 bits per heavy atom. The molecule has 3 heteroatoms. The zero-order valence-corrected chi connectivity index (χ0v) is 10.1. The molecule has 17 heavy (non-hydrogen) atoms. The Hall–Kier alpha value is -1.74. The van der Waals surface area contributed by atoms with Gasteiger partial charge in [-0.3, -0.25) is 9.78 Å². The molecule has 0 aliphatic carbocycles. The molecule has 2 N–H and O–H groups in total. The smallest absolute Gasteiger partial charge is 0.182 e. The monoisotopic (exact) mass is 228 g/mol. The maximum absolute atomic E-state index is 12.2. The van der Waals surface area contributed by atoms with Gasteiger partial charge in [0.2, 0.25) is 0 Å². The number of carbonyl (C=O) groups excluding carboxylic acids is 1. The molecule has 1 unspecified atom stereocenters. The summed E-state index contributed by atoms with van der Waals surface area (Å²) in [6.45, 7) is 3.68. The van der Waals surface area contributed by atoms with Crippen LogP contribution in [0.5, 0.6) is 0 Å². The third-order valence-corrected chi connectivity index (χ3v) is 3.12. The van der Waals surface area contributed by atoms with Crippen molar-refractivity contribution in [2.75, 3.05) is 0 Å². The van der Waals surface area contributed by atoms with Crippen LogP contribution in [0.25, 0.3) is 10.9 Å². The maximum atomic E-state index is 12.2. The van der Waals surface area contributed by atoms with E-state index in [0.29, 0.717) is 12.0 Å². The Morgan fingerprint density at radius 3 is 2.88 bits per heavy atom. The quantitative estimate of drug-likeness (QED) is 0.821. The number of rotatable bonds is 3. The summed E-state index contributed by atoms with van der Waals surface area (Å²) in [5, 5.41) is 0.963. The molecule has 0 aliphatic rings. The molecule has 2 aromatic rings. The van der Waals surface area contributed by atoms with Crippen molar-refractivity contribution in [3.8, 4) is 0 Å². The molecule has 1 atom stereocenters. The van der Waals surface area contributed by atoms with Crippen molar-refractivity contribution in [3.63, 3.8) is 0 Å². The van der Waals surface area contributed by atoms with Crippen LogP contribution >= 0.6 is 0 Å². The van der Waals surface area contributed by atoms with E-state index in [1.165, 1.54) is 0 Å². The van der Waals surface area contributed by atoms with Gasteiger partial charge in [-0.2, -0.15) is 0 Å². The second-order valence-corrected chi connectivity index (χ2v) is 4.51. The number of aromatic nitrogens is 1. The maximum Gasteiger partial charge on any atom is 0.182 e. The topological polar surface area (TPSA) is 56.0 Å². The number of Topliss-reactive ketones (excluding diaryl/α,β-unsaturated/α-hetero) is 1. The third-order valence-electron chi connectivity index (χ3n) is 3.12. The Kier molecular flexibility index (Phi) is 2.94. The number of nitrogens with zero attached hydrogens (tertiary/aromatic N) is 1. The average molecular weight is 228 g/mol. The molecule has 1 heterocycles. The van der Waals surface area contributed by atoms with E-state index in [1.807, 2.05) is 31.2 Å². The summed E-state index contributed by atoms with van der Waals surface area (Å²) in [5.41, 5.74) is 6.71. The van der Waals surface area contributed by atoms with Crippen molar-refractivity contribution in [1.82, 2.24) is 4.98 Å². The fourth-order valence-electron chi connectivity index (χ4n) is 1.71. The first-order valence-corrected chi connectivity index (χ1v) is 5.73. The van der Waals surface area contributed by atoms with Crippen LogP contribution in [0.3, 0.4) is 0 Å². The van der Waals surface area contributed by atoms with Crippen molar-refractivity contribution in [2.45, 2.75) is 25.8 Å². The van der Waals surface area contributed by atoms with Crippen LogP contribution in [0.4, 0.5) is 0 Å². The van der Waals surface area contributed by atoms with Gasteiger partial charge in [-0.05, 0) is 37.6 Å². The molecule has 0 radical (unpaired) electrons. The summed E-state index contributed by atoms with van der Waals surface area (Å²) in [5.74, 6) is -0.0225. The second kappa shape index (κ2) is 4.26. The lowest BCUT2D eigenvalue weighted by atomic mass is 9.89. The van der Waals surface area contributed by atoms with Crippen LogP contribution in [0.15, 0.2) is 36.5 Å². The number of carbonyl (C=O) groups is 1. The second-order valence-electron chi connectivity index (χ2n) is 4.51. The third kappa shape index (κ3) is 2.19. The average Bonchev–Trinajstić information content (AvgIpc) is 2.37. The number of nitrogens with two attached hydrogens (primary N) is 1. The van der Waals surface area contributed by atoms with Gasteiger partial charge < -0.3 is 5.73 Å². The molecule has 2 rings (SSSR count). The fraction of sp³-hybridized carbons (Fsp3) is 0.286. The molecular weight excluding hydrogens is 212 g/mol. The minimum atomic E-state index is -0.796. The van der Waals surface area contributed by atoms with Crippen molar-refractivity contribution in [3.05, 3.63) is 42.1 Å². The number of pyridine rings is 1. The molecule has 1 aromatic heterocycles. The summed E-state index contributed by atoms with van der Waals surface area (Å²) in [6.07, 6.45) is 2.36. The van der Waals surface area contributed by atoms with Crippen molar-refractivity contribution >= 4 is 16.7 Å². The van der Waals surface area contributed by atoms with Crippen molar-refractivity contribution < 1.29 is 4.79 Å². The Labute approximate surface area is 101 Å². The van der Waals surface area contributed by atoms with Crippen LogP contribution in [0, 0.1) is 0 Å². The number of hydrogen-bond acceptors (Lipinski definition) is 3. The zero-order chi connectivity index (χ0) is 12.5. The first-order valence-electron chi connectivity index (χ1n) is 5.73. The van der Waals surface area contributed by atoms with E-state index in [-0.39, 0.29) is 5.78 Å². The van der Waals surface area contributed by atoms with E-state index in [9.17, 15) is 4.79 Å². The largest absolute Gasteiger partial charge is 0.319 e. The van der Waals surface area contributed by atoms with E-state index >= 15 is 0 Å². The van der Waals surface area contributed by atoms with E-state index in [1.54, 1.807) is 19.2 Å². The van der Waals surface area contributed by atoms with Gasteiger partial charge in [-0.1, -0.05) is 13.0 Å². The minimum absolute atomic E-state index is 0.0225. The van der Waals surface area contributed by atoms with E-state index in [2.05, 4.69) is 4.98 Å². The predicted molar refractivity (Wildman–Crippen MR) is 69.0 cm³/mol. The summed E-state index contributed by atoms with van der Waals surface area (Å²) in [7, 11) is 0. The van der Waals surface area contributed by atoms with Crippen LogP contribution in [0.1, 0.15) is 30.6 Å². The lowest BCUT2D eigenvalue weighted by Crippen LogP contribution is -2.44. The fourth-order valence-corrected chi connectivity index (χ4v) is 1.71. The number of fused-ring (bicyclic) bond motifs is 1. The van der Waals surface area contributed by atoms with Crippen LogP contribution in [-0.2, 0) is 0 Å². The van der Waals surface area contributed by atoms with Crippen LogP contribution < -0.4 is 5.73 Å². The Morgan fingerprint density at radius 1 is 1.41 bits per heavy atom.